The summed E-state index contributed by atoms with van der Waals surface area (Å²) < 4.78 is 29.3. The molecule has 0 fully saturated rings. The van der Waals surface area contributed by atoms with E-state index >= 15 is 0 Å². The summed E-state index contributed by atoms with van der Waals surface area (Å²) in [6.07, 6.45) is 0. The number of anilines is 1. The second-order valence-electron chi connectivity index (χ2n) is 7.14. The Balaban J connectivity index is 1.82. The van der Waals surface area contributed by atoms with E-state index in [0.29, 0.717) is 17.2 Å². The predicted molar refractivity (Wildman–Crippen MR) is 121 cm³/mol. The summed E-state index contributed by atoms with van der Waals surface area (Å²) in [5.74, 6) is 4.22. The molecule has 1 atom stereocenters. The number of hydrogen-bond donors (Lipinski definition) is 0. The number of ether oxygens (including phenoxy) is 5. The van der Waals surface area contributed by atoms with Crippen molar-refractivity contribution in [2.45, 2.75) is 5.92 Å². The standard InChI is InChI=1S/C22H21NO5S2/c1-23-13-8-16-15(27-10-28-16)7-12(13)19(20-14(23)9-30-22(20)29)21-17(25-3)5-11(24-2)6-18(21)26-4/h5-8,19H,9-10H2,1-4H3/t19-/m1/s1. The summed E-state index contributed by atoms with van der Waals surface area (Å²) >= 11 is 7.48. The van der Waals surface area contributed by atoms with Gasteiger partial charge in [-0.1, -0.05) is 12.2 Å². The number of benzene rings is 2. The van der Waals surface area contributed by atoms with Gasteiger partial charge in [0, 0.05) is 59.4 Å². The zero-order chi connectivity index (χ0) is 21.0. The molecule has 0 aromatic heterocycles. The van der Waals surface area contributed by atoms with Crippen LogP contribution in [-0.4, -0.2) is 45.1 Å². The number of rotatable bonds is 4. The first-order valence-electron chi connectivity index (χ1n) is 9.44. The molecule has 3 aliphatic rings. The zero-order valence-corrected chi connectivity index (χ0v) is 18.7. The zero-order valence-electron chi connectivity index (χ0n) is 17.1. The van der Waals surface area contributed by atoms with Crippen LogP contribution in [0.15, 0.2) is 35.5 Å². The van der Waals surface area contributed by atoms with Gasteiger partial charge >= 0.3 is 0 Å². The molecule has 0 unspecified atom stereocenters. The number of nitrogens with zero attached hydrogens (tertiary/aromatic N) is 1. The molecule has 0 spiro atoms. The highest BCUT2D eigenvalue weighted by Gasteiger charge is 2.41. The van der Waals surface area contributed by atoms with Crippen LogP contribution in [0, 0.1) is 0 Å². The topological polar surface area (TPSA) is 49.4 Å². The number of thioether (sulfide) groups is 1. The fourth-order valence-electron chi connectivity index (χ4n) is 4.36. The summed E-state index contributed by atoms with van der Waals surface area (Å²) in [5, 5.41) is 0. The Hall–Kier alpha value is -2.58. The Morgan fingerprint density at radius 2 is 1.67 bits per heavy atom. The maximum atomic E-state index is 5.80. The van der Waals surface area contributed by atoms with Crippen molar-refractivity contribution in [1.82, 2.24) is 0 Å². The third kappa shape index (κ3) is 2.74. The van der Waals surface area contributed by atoms with Crippen molar-refractivity contribution >= 4 is 33.9 Å². The lowest BCUT2D eigenvalue weighted by molar-refractivity contribution is 0.174. The molecule has 0 aliphatic carbocycles. The van der Waals surface area contributed by atoms with E-state index in [2.05, 4.69) is 18.0 Å². The van der Waals surface area contributed by atoms with Crippen molar-refractivity contribution in [3.05, 3.63) is 46.7 Å². The lowest BCUT2D eigenvalue weighted by Gasteiger charge is -2.36. The van der Waals surface area contributed by atoms with Gasteiger partial charge in [0.25, 0.3) is 0 Å². The van der Waals surface area contributed by atoms with E-state index in [1.54, 1.807) is 33.1 Å². The first-order chi connectivity index (χ1) is 14.6. The second-order valence-corrected chi connectivity index (χ2v) is 8.79. The number of hydrogen-bond acceptors (Lipinski definition) is 8. The van der Waals surface area contributed by atoms with Gasteiger partial charge in [-0.15, -0.1) is 11.8 Å². The van der Waals surface area contributed by atoms with E-state index < -0.39 is 0 Å². The molecular formula is C22H21NO5S2. The maximum Gasteiger partial charge on any atom is 0.231 e. The molecule has 5 rings (SSSR count). The average Bonchev–Trinajstić information content (AvgIpc) is 3.39. The molecule has 2 aromatic rings. The Morgan fingerprint density at radius 3 is 2.30 bits per heavy atom. The Labute approximate surface area is 184 Å². The third-order valence-electron chi connectivity index (χ3n) is 5.80. The monoisotopic (exact) mass is 443 g/mol. The smallest absolute Gasteiger partial charge is 0.231 e. The van der Waals surface area contributed by atoms with E-state index in [9.17, 15) is 0 Å². The van der Waals surface area contributed by atoms with Gasteiger partial charge in [-0.05, 0) is 11.6 Å². The van der Waals surface area contributed by atoms with Crippen LogP contribution >= 0.6 is 24.0 Å². The fraction of sp³-hybridized carbons (Fsp3) is 0.318. The molecule has 0 amide bonds. The highest BCUT2D eigenvalue weighted by molar-refractivity contribution is 8.24. The molecule has 156 valence electrons. The first-order valence-corrected chi connectivity index (χ1v) is 10.8. The molecular weight excluding hydrogens is 422 g/mol. The van der Waals surface area contributed by atoms with E-state index in [4.69, 9.17) is 35.9 Å². The van der Waals surface area contributed by atoms with Crippen molar-refractivity contribution < 1.29 is 23.7 Å². The van der Waals surface area contributed by atoms with Gasteiger partial charge in [-0.25, -0.2) is 0 Å². The van der Waals surface area contributed by atoms with Crippen molar-refractivity contribution in [3.63, 3.8) is 0 Å². The van der Waals surface area contributed by atoms with Crippen LogP contribution < -0.4 is 28.6 Å². The summed E-state index contributed by atoms with van der Waals surface area (Å²) in [4.78, 5) is 2.21. The lowest BCUT2D eigenvalue weighted by Crippen LogP contribution is -2.28. The largest absolute Gasteiger partial charge is 0.496 e. The second kappa shape index (κ2) is 7.28. The van der Waals surface area contributed by atoms with Crippen molar-refractivity contribution in [2.24, 2.45) is 0 Å². The fourth-order valence-corrected chi connectivity index (χ4v) is 5.78. The average molecular weight is 444 g/mol. The van der Waals surface area contributed by atoms with Gasteiger partial charge < -0.3 is 28.6 Å². The molecule has 0 N–H and O–H groups in total. The molecule has 0 bridgehead atoms. The van der Waals surface area contributed by atoms with Crippen LogP contribution in [0.4, 0.5) is 5.69 Å². The Morgan fingerprint density at radius 1 is 1.00 bits per heavy atom. The van der Waals surface area contributed by atoms with Gasteiger partial charge in [0.05, 0.1) is 25.5 Å². The molecule has 0 radical (unpaired) electrons. The normalized spacial score (nSPS) is 19.0. The summed E-state index contributed by atoms with van der Waals surface area (Å²) in [5.41, 5.74) is 5.37. The van der Waals surface area contributed by atoms with Crippen molar-refractivity contribution in [2.75, 3.05) is 45.8 Å². The summed E-state index contributed by atoms with van der Waals surface area (Å²) in [6.45, 7) is 0.225. The van der Waals surface area contributed by atoms with E-state index in [1.165, 1.54) is 5.70 Å². The van der Waals surface area contributed by atoms with Crippen LogP contribution in [0.1, 0.15) is 17.0 Å². The van der Waals surface area contributed by atoms with Gasteiger partial charge in [0.2, 0.25) is 6.79 Å². The molecule has 0 saturated heterocycles. The molecule has 8 heteroatoms. The van der Waals surface area contributed by atoms with Gasteiger partial charge in [0.15, 0.2) is 11.5 Å². The molecule has 0 saturated carbocycles. The number of methoxy groups -OCH3 is 3. The summed E-state index contributed by atoms with van der Waals surface area (Å²) in [7, 11) is 7.01. The number of fused-ring (bicyclic) bond motifs is 2. The van der Waals surface area contributed by atoms with Gasteiger partial charge in [0.1, 0.15) is 17.2 Å². The first kappa shape index (κ1) is 19.4. The minimum Gasteiger partial charge on any atom is -0.496 e. The highest BCUT2D eigenvalue weighted by atomic mass is 32.2. The van der Waals surface area contributed by atoms with Gasteiger partial charge in [-0.2, -0.15) is 0 Å². The quantitative estimate of drug-likeness (QED) is 0.647. The van der Waals surface area contributed by atoms with Crippen molar-refractivity contribution in [3.8, 4) is 28.7 Å². The van der Waals surface area contributed by atoms with Crippen LogP contribution in [-0.2, 0) is 0 Å². The Kier molecular flexibility index (Phi) is 4.71. The molecule has 3 aliphatic heterocycles. The minimum atomic E-state index is -0.154. The van der Waals surface area contributed by atoms with Crippen molar-refractivity contribution in [1.29, 1.82) is 0 Å². The van der Waals surface area contributed by atoms with Crippen LogP contribution in [0.5, 0.6) is 28.7 Å². The summed E-state index contributed by atoms with van der Waals surface area (Å²) in [6, 6.07) is 7.86. The van der Waals surface area contributed by atoms with E-state index in [0.717, 1.165) is 43.8 Å². The van der Waals surface area contributed by atoms with Gasteiger partial charge in [-0.3, -0.25) is 0 Å². The molecule has 6 nitrogen and oxygen atoms in total. The third-order valence-corrected chi connectivity index (χ3v) is 7.27. The minimum absolute atomic E-state index is 0.154. The molecule has 3 heterocycles. The SMILES string of the molecule is COc1cc(OC)c([C@H]2C3=C(CSC3=S)N(C)c3cc4c(cc32)OCO4)c(OC)c1. The lowest BCUT2D eigenvalue weighted by atomic mass is 9.79. The number of thiocarbonyl (C=S) groups is 1. The maximum absolute atomic E-state index is 5.80. The Bertz CT molecular complexity index is 1070. The van der Waals surface area contributed by atoms with E-state index in [-0.39, 0.29) is 12.7 Å². The van der Waals surface area contributed by atoms with Crippen LogP contribution in [0.2, 0.25) is 0 Å². The van der Waals surface area contributed by atoms with E-state index in [1.807, 2.05) is 18.2 Å². The predicted octanol–water partition coefficient (Wildman–Crippen LogP) is 4.35. The highest BCUT2D eigenvalue weighted by Crippen LogP contribution is 2.56. The van der Waals surface area contributed by atoms with Crippen LogP contribution in [0.25, 0.3) is 0 Å². The molecule has 2 aromatic carbocycles. The van der Waals surface area contributed by atoms with Crippen LogP contribution in [0.3, 0.4) is 0 Å². The molecule has 30 heavy (non-hydrogen) atoms.